The zero-order valence-corrected chi connectivity index (χ0v) is 22.1. The van der Waals surface area contributed by atoms with E-state index in [4.69, 9.17) is 35.4 Å². The average Bonchev–Trinajstić information content (AvgIpc) is 3.43. The molecule has 2 aromatic heterocycles. The van der Waals surface area contributed by atoms with Crippen LogP contribution in [0.1, 0.15) is 23.5 Å². The molecule has 1 aliphatic heterocycles. The Hall–Kier alpha value is -3.11. The zero-order chi connectivity index (χ0) is 25.4. The van der Waals surface area contributed by atoms with Crippen LogP contribution in [-0.2, 0) is 10.0 Å². The van der Waals surface area contributed by atoms with E-state index in [0.717, 1.165) is 29.0 Å². The van der Waals surface area contributed by atoms with Crippen molar-refractivity contribution in [3.05, 3.63) is 107 Å². The standard InChI is InChI=1S/C25H21Cl2N5O2S2/c1-36(33,34)30-17-8-10-18(11-9-17)32-24(23(29-25(32)35)20-5-2-3-13-28-20)22-6-4-14-31(22)21-12-7-16(26)15-19(21)27/h2-15,23-24,30H,1H3,(H,29,35)/t23-,24-/m0/s1. The molecule has 3 heterocycles. The molecule has 0 aliphatic carbocycles. The van der Waals surface area contributed by atoms with Crippen molar-refractivity contribution < 1.29 is 8.42 Å². The maximum atomic E-state index is 11.6. The molecule has 0 unspecified atom stereocenters. The summed E-state index contributed by atoms with van der Waals surface area (Å²) in [4.78, 5) is 6.60. The van der Waals surface area contributed by atoms with Crippen LogP contribution >= 0.6 is 35.4 Å². The van der Waals surface area contributed by atoms with Crippen LogP contribution in [0.15, 0.2) is 85.2 Å². The van der Waals surface area contributed by atoms with Gasteiger partial charge in [-0.15, -0.1) is 0 Å². The molecule has 2 aromatic carbocycles. The fraction of sp³-hybridized carbons (Fsp3) is 0.120. The van der Waals surface area contributed by atoms with Gasteiger partial charge in [0.2, 0.25) is 10.0 Å². The van der Waals surface area contributed by atoms with Crippen molar-refractivity contribution >= 4 is 61.9 Å². The molecule has 184 valence electrons. The van der Waals surface area contributed by atoms with E-state index in [1.54, 1.807) is 30.5 Å². The highest BCUT2D eigenvalue weighted by Crippen LogP contribution is 2.43. The molecule has 0 radical (unpaired) electrons. The third-order valence-electron chi connectivity index (χ3n) is 5.80. The zero-order valence-electron chi connectivity index (χ0n) is 19.0. The molecule has 0 saturated carbocycles. The second-order valence-electron chi connectivity index (χ2n) is 8.32. The lowest BCUT2D eigenvalue weighted by Crippen LogP contribution is -2.30. The van der Waals surface area contributed by atoms with Crippen molar-refractivity contribution in [1.29, 1.82) is 0 Å². The topological polar surface area (TPSA) is 79.3 Å². The number of aromatic nitrogens is 2. The highest BCUT2D eigenvalue weighted by molar-refractivity contribution is 7.92. The second kappa shape index (κ2) is 9.74. The summed E-state index contributed by atoms with van der Waals surface area (Å²) in [5.74, 6) is 0. The van der Waals surface area contributed by atoms with Crippen molar-refractivity contribution in [2.45, 2.75) is 12.1 Å². The predicted octanol–water partition coefficient (Wildman–Crippen LogP) is 5.73. The number of anilines is 2. The molecule has 2 N–H and O–H groups in total. The smallest absolute Gasteiger partial charge is 0.229 e. The summed E-state index contributed by atoms with van der Waals surface area (Å²) in [6.07, 6.45) is 4.81. The summed E-state index contributed by atoms with van der Waals surface area (Å²) >= 11 is 18.5. The van der Waals surface area contributed by atoms with Crippen molar-refractivity contribution in [3.63, 3.8) is 0 Å². The van der Waals surface area contributed by atoms with Gasteiger partial charge in [0.05, 0.1) is 28.7 Å². The molecule has 11 heteroatoms. The van der Waals surface area contributed by atoms with Gasteiger partial charge in [0.15, 0.2) is 5.11 Å². The van der Waals surface area contributed by atoms with Crippen LogP contribution in [0.4, 0.5) is 11.4 Å². The first-order valence-electron chi connectivity index (χ1n) is 10.9. The highest BCUT2D eigenvalue weighted by Gasteiger charge is 2.42. The van der Waals surface area contributed by atoms with Gasteiger partial charge in [-0.25, -0.2) is 8.42 Å². The summed E-state index contributed by atoms with van der Waals surface area (Å²) in [5, 5.41) is 5.02. The molecular weight excluding hydrogens is 537 g/mol. The van der Waals surface area contributed by atoms with E-state index in [0.29, 0.717) is 20.8 Å². The first kappa shape index (κ1) is 24.6. The molecule has 36 heavy (non-hydrogen) atoms. The molecule has 0 bridgehead atoms. The molecule has 4 aromatic rings. The summed E-state index contributed by atoms with van der Waals surface area (Å²) < 4.78 is 27.8. The van der Waals surface area contributed by atoms with E-state index in [1.165, 1.54) is 0 Å². The van der Waals surface area contributed by atoms with Gasteiger partial charge in [-0.2, -0.15) is 0 Å². The largest absolute Gasteiger partial charge is 0.351 e. The van der Waals surface area contributed by atoms with E-state index in [9.17, 15) is 8.42 Å². The number of halogens is 2. The van der Waals surface area contributed by atoms with E-state index in [2.05, 4.69) is 15.0 Å². The molecule has 0 spiro atoms. The minimum atomic E-state index is -3.39. The van der Waals surface area contributed by atoms with Crippen molar-refractivity contribution in [2.24, 2.45) is 0 Å². The normalized spacial score (nSPS) is 17.8. The lowest BCUT2D eigenvalue weighted by Gasteiger charge is -2.29. The SMILES string of the molecule is CS(=O)(=O)Nc1ccc(N2C(=S)N[C@@H](c3ccccn3)[C@@H]2c2cccn2-c2ccc(Cl)cc2Cl)cc1. The summed E-state index contributed by atoms with van der Waals surface area (Å²) in [6, 6.07) is 21.7. The number of pyridine rings is 1. The molecule has 2 atom stereocenters. The lowest BCUT2D eigenvalue weighted by atomic mass is 10.0. The van der Waals surface area contributed by atoms with Gasteiger partial charge in [0, 0.05) is 34.5 Å². The Morgan fingerprint density at radius 3 is 2.47 bits per heavy atom. The molecule has 1 aliphatic rings. The number of hydrogen-bond donors (Lipinski definition) is 2. The Morgan fingerprint density at radius 1 is 1.03 bits per heavy atom. The first-order chi connectivity index (χ1) is 17.2. The van der Waals surface area contributed by atoms with Crippen LogP contribution in [0, 0.1) is 0 Å². The van der Waals surface area contributed by atoms with E-state index in [-0.39, 0.29) is 12.1 Å². The van der Waals surface area contributed by atoms with E-state index in [1.807, 2.05) is 64.2 Å². The molecule has 5 rings (SSSR count). The van der Waals surface area contributed by atoms with Crippen LogP contribution in [0.25, 0.3) is 5.69 Å². The summed E-state index contributed by atoms with van der Waals surface area (Å²) in [6.45, 7) is 0. The van der Waals surface area contributed by atoms with Gasteiger partial charge in [-0.3, -0.25) is 9.71 Å². The van der Waals surface area contributed by atoms with Crippen molar-refractivity contribution in [1.82, 2.24) is 14.9 Å². The molecule has 0 amide bonds. The highest BCUT2D eigenvalue weighted by atomic mass is 35.5. The van der Waals surface area contributed by atoms with Gasteiger partial charge in [0.1, 0.15) is 6.04 Å². The number of nitrogens with one attached hydrogen (secondary N) is 2. The summed E-state index contributed by atoms with van der Waals surface area (Å²) in [7, 11) is -3.39. The van der Waals surface area contributed by atoms with Gasteiger partial charge in [0.25, 0.3) is 0 Å². The Kier molecular flexibility index (Phi) is 6.65. The first-order valence-corrected chi connectivity index (χ1v) is 14.0. The van der Waals surface area contributed by atoms with Gasteiger partial charge in [-0.1, -0.05) is 29.3 Å². The molecule has 7 nitrogen and oxygen atoms in total. The van der Waals surface area contributed by atoms with Gasteiger partial charge < -0.3 is 14.8 Å². The maximum absolute atomic E-state index is 11.6. The Labute approximate surface area is 224 Å². The number of thiocarbonyl (C=S) groups is 1. The summed E-state index contributed by atoms with van der Waals surface area (Å²) in [5.41, 5.74) is 3.81. The quantitative estimate of drug-likeness (QED) is 0.295. The van der Waals surface area contributed by atoms with Gasteiger partial charge >= 0.3 is 0 Å². The van der Waals surface area contributed by atoms with Crippen LogP contribution in [0.5, 0.6) is 0 Å². The van der Waals surface area contributed by atoms with E-state index >= 15 is 0 Å². The second-order valence-corrected chi connectivity index (χ2v) is 11.3. The number of nitrogens with zero attached hydrogens (tertiary/aromatic N) is 3. The monoisotopic (exact) mass is 557 g/mol. The number of sulfonamides is 1. The Balaban J connectivity index is 1.62. The van der Waals surface area contributed by atoms with Crippen LogP contribution < -0.4 is 14.9 Å². The Bertz CT molecular complexity index is 1530. The van der Waals surface area contributed by atoms with Crippen molar-refractivity contribution in [3.8, 4) is 5.69 Å². The molecule has 1 saturated heterocycles. The predicted molar refractivity (Wildman–Crippen MR) is 149 cm³/mol. The third-order valence-corrected chi connectivity index (χ3v) is 7.26. The van der Waals surface area contributed by atoms with E-state index < -0.39 is 10.0 Å². The average molecular weight is 559 g/mol. The van der Waals surface area contributed by atoms with Crippen LogP contribution in [0.2, 0.25) is 10.0 Å². The number of benzene rings is 2. The van der Waals surface area contributed by atoms with Gasteiger partial charge in [-0.05, 0) is 78.9 Å². The maximum Gasteiger partial charge on any atom is 0.229 e. The minimum Gasteiger partial charge on any atom is -0.351 e. The Morgan fingerprint density at radius 2 is 1.81 bits per heavy atom. The molecular formula is C25H21Cl2N5O2S2. The van der Waals surface area contributed by atoms with Crippen LogP contribution in [-0.4, -0.2) is 29.3 Å². The fourth-order valence-corrected chi connectivity index (χ4v) is 5.78. The third kappa shape index (κ3) is 4.92. The van der Waals surface area contributed by atoms with Crippen molar-refractivity contribution in [2.75, 3.05) is 15.9 Å². The van der Waals surface area contributed by atoms with Crippen LogP contribution in [0.3, 0.4) is 0 Å². The number of rotatable bonds is 6. The lowest BCUT2D eigenvalue weighted by molar-refractivity contribution is 0.549. The number of hydrogen-bond acceptors (Lipinski definition) is 4. The molecule has 1 fully saturated rings. The fourth-order valence-electron chi connectivity index (χ4n) is 4.37. The minimum absolute atomic E-state index is 0.257.